The molecule has 3 aromatic heterocycles. The van der Waals surface area contributed by atoms with Crippen molar-refractivity contribution in [2.75, 3.05) is 0 Å². The quantitative estimate of drug-likeness (QED) is 0.496. The normalized spacial score (nSPS) is 12.2. The highest BCUT2D eigenvalue weighted by molar-refractivity contribution is 5.32. The maximum absolute atomic E-state index is 4.90. The molecular weight excluding hydrogens is 348 g/mol. The van der Waals surface area contributed by atoms with E-state index in [1.807, 2.05) is 52.9 Å². The Morgan fingerprint density at radius 1 is 1.00 bits per heavy atom. The van der Waals surface area contributed by atoms with Crippen LogP contribution in [-0.2, 0) is 19.4 Å². The van der Waals surface area contributed by atoms with Crippen LogP contribution in [0.1, 0.15) is 35.7 Å². The largest absolute Gasteiger partial charge is 0.272 e. The second kappa shape index (κ2) is 8.17. The number of aromatic nitrogens is 6. The van der Waals surface area contributed by atoms with Gasteiger partial charge in [0.1, 0.15) is 5.82 Å². The van der Waals surface area contributed by atoms with Crippen molar-refractivity contribution in [1.29, 1.82) is 0 Å². The lowest BCUT2D eigenvalue weighted by atomic mass is 10.1. The van der Waals surface area contributed by atoms with Gasteiger partial charge in [-0.3, -0.25) is 9.67 Å². The van der Waals surface area contributed by atoms with Crippen molar-refractivity contribution in [1.82, 2.24) is 29.5 Å². The highest BCUT2D eigenvalue weighted by atomic mass is 15.4. The molecule has 28 heavy (non-hydrogen) atoms. The minimum atomic E-state index is 0.173. The fourth-order valence-electron chi connectivity index (χ4n) is 3.32. The van der Waals surface area contributed by atoms with Gasteiger partial charge in [0.15, 0.2) is 5.82 Å². The van der Waals surface area contributed by atoms with Crippen LogP contribution in [0.4, 0.5) is 0 Å². The summed E-state index contributed by atoms with van der Waals surface area (Å²) in [7, 11) is 0. The molecule has 0 saturated heterocycles. The van der Waals surface area contributed by atoms with Gasteiger partial charge in [0, 0.05) is 36.6 Å². The standard InChI is InChI=1S/C22H24N6/c1-17(16-27-14-6-12-24-27)22-25-21(10-9-19-7-4-3-5-8-19)26-28(22)20-11-13-23-18(2)15-20/h3-8,11-15,17H,9-10,16H2,1-2H3/t17-/m1/s1. The van der Waals surface area contributed by atoms with Gasteiger partial charge in [0.2, 0.25) is 0 Å². The van der Waals surface area contributed by atoms with E-state index in [1.54, 1.807) is 6.20 Å². The van der Waals surface area contributed by atoms with Gasteiger partial charge >= 0.3 is 0 Å². The molecule has 6 nitrogen and oxygen atoms in total. The first kappa shape index (κ1) is 18.1. The Kier molecular flexibility index (Phi) is 5.28. The number of pyridine rings is 1. The lowest BCUT2D eigenvalue weighted by Crippen LogP contribution is -2.13. The highest BCUT2D eigenvalue weighted by Crippen LogP contribution is 2.20. The Labute approximate surface area is 164 Å². The van der Waals surface area contributed by atoms with E-state index in [2.05, 4.69) is 41.3 Å². The fraction of sp³-hybridized carbons (Fsp3) is 0.273. The van der Waals surface area contributed by atoms with Crippen LogP contribution in [0.2, 0.25) is 0 Å². The summed E-state index contributed by atoms with van der Waals surface area (Å²) in [6.45, 7) is 4.91. The second-order valence-corrected chi connectivity index (χ2v) is 7.07. The molecule has 0 aliphatic heterocycles. The van der Waals surface area contributed by atoms with E-state index in [-0.39, 0.29) is 5.92 Å². The van der Waals surface area contributed by atoms with Gasteiger partial charge in [-0.25, -0.2) is 9.67 Å². The average Bonchev–Trinajstić information content (AvgIpc) is 3.37. The molecule has 0 bridgehead atoms. The molecule has 0 unspecified atom stereocenters. The van der Waals surface area contributed by atoms with Crippen LogP contribution in [0, 0.1) is 6.92 Å². The Morgan fingerprint density at radius 2 is 1.86 bits per heavy atom. The molecule has 142 valence electrons. The first-order valence-electron chi connectivity index (χ1n) is 9.59. The number of nitrogens with zero attached hydrogens (tertiary/aromatic N) is 6. The lowest BCUT2D eigenvalue weighted by Gasteiger charge is -2.13. The molecule has 0 spiro atoms. The van der Waals surface area contributed by atoms with E-state index in [9.17, 15) is 0 Å². The van der Waals surface area contributed by atoms with Gasteiger partial charge in [-0.05, 0) is 37.1 Å². The second-order valence-electron chi connectivity index (χ2n) is 7.07. The molecule has 0 radical (unpaired) electrons. The van der Waals surface area contributed by atoms with E-state index < -0.39 is 0 Å². The van der Waals surface area contributed by atoms with Crippen molar-refractivity contribution in [3.05, 3.63) is 90.0 Å². The molecule has 0 N–H and O–H groups in total. The predicted octanol–water partition coefficient (Wildman–Crippen LogP) is 3.76. The van der Waals surface area contributed by atoms with Crippen LogP contribution in [0.15, 0.2) is 67.1 Å². The molecule has 1 atom stereocenters. The van der Waals surface area contributed by atoms with Gasteiger partial charge in [-0.1, -0.05) is 37.3 Å². The summed E-state index contributed by atoms with van der Waals surface area (Å²) >= 11 is 0. The van der Waals surface area contributed by atoms with Gasteiger partial charge < -0.3 is 0 Å². The first-order valence-corrected chi connectivity index (χ1v) is 9.59. The zero-order valence-corrected chi connectivity index (χ0v) is 16.2. The summed E-state index contributed by atoms with van der Waals surface area (Å²) in [5.74, 6) is 1.98. The molecule has 0 aliphatic rings. The van der Waals surface area contributed by atoms with Gasteiger partial charge in [-0.2, -0.15) is 10.2 Å². The molecule has 0 aliphatic carbocycles. The van der Waals surface area contributed by atoms with E-state index in [0.29, 0.717) is 0 Å². The maximum atomic E-state index is 4.90. The van der Waals surface area contributed by atoms with Crippen molar-refractivity contribution < 1.29 is 0 Å². The summed E-state index contributed by atoms with van der Waals surface area (Å²) in [5.41, 5.74) is 3.25. The van der Waals surface area contributed by atoms with Crippen molar-refractivity contribution >= 4 is 0 Å². The molecule has 1 aromatic carbocycles. The SMILES string of the molecule is Cc1cc(-n2nc(CCc3ccccc3)nc2[C@H](C)Cn2cccn2)ccn1. The van der Waals surface area contributed by atoms with Crippen LogP contribution in [-0.4, -0.2) is 29.5 Å². The Balaban J connectivity index is 1.63. The molecule has 4 rings (SSSR count). The average molecular weight is 372 g/mol. The van der Waals surface area contributed by atoms with Crippen LogP contribution in [0.25, 0.3) is 5.69 Å². The molecular formula is C22H24N6. The summed E-state index contributed by atoms with van der Waals surface area (Å²) in [4.78, 5) is 9.21. The predicted molar refractivity (Wildman–Crippen MR) is 108 cm³/mol. The number of benzene rings is 1. The van der Waals surface area contributed by atoms with Crippen LogP contribution in [0.5, 0.6) is 0 Å². The van der Waals surface area contributed by atoms with Gasteiger partial charge in [0.05, 0.1) is 12.2 Å². The van der Waals surface area contributed by atoms with Gasteiger partial charge in [0.25, 0.3) is 0 Å². The molecule has 0 fully saturated rings. The topological polar surface area (TPSA) is 61.4 Å². The van der Waals surface area contributed by atoms with Crippen molar-refractivity contribution in [2.24, 2.45) is 0 Å². The van der Waals surface area contributed by atoms with Crippen molar-refractivity contribution in [3.8, 4) is 5.69 Å². The lowest BCUT2D eigenvalue weighted by molar-refractivity contribution is 0.515. The Morgan fingerprint density at radius 3 is 2.61 bits per heavy atom. The fourth-order valence-corrected chi connectivity index (χ4v) is 3.32. The first-order chi connectivity index (χ1) is 13.7. The van der Waals surface area contributed by atoms with Gasteiger partial charge in [-0.15, -0.1) is 0 Å². The number of hydrogen-bond acceptors (Lipinski definition) is 4. The summed E-state index contributed by atoms with van der Waals surface area (Å²) in [5, 5.41) is 9.17. The molecule has 0 amide bonds. The van der Waals surface area contributed by atoms with E-state index >= 15 is 0 Å². The third-order valence-corrected chi connectivity index (χ3v) is 4.74. The van der Waals surface area contributed by atoms with Crippen LogP contribution >= 0.6 is 0 Å². The van der Waals surface area contributed by atoms with E-state index in [1.165, 1.54) is 5.56 Å². The highest BCUT2D eigenvalue weighted by Gasteiger charge is 2.18. The van der Waals surface area contributed by atoms with E-state index in [4.69, 9.17) is 10.1 Å². The maximum Gasteiger partial charge on any atom is 0.151 e. The zero-order chi connectivity index (χ0) is 19.3. The molecule has 6 heteroatoms. The Bertz CT molecular complexity index is 1020. The van der Waals surface area contributed by atoms with Crippen molar-refractivity contribution in [3.63, 3.8) is 0 Å². The molecule has 0 saturated carbocycles. The van der Waals surface area contributed by atoms with Crippen LogP contribution < -0.4 is 0 Å². The zero-order valence-electron chi connectivity index (χ0n) is 16.2. The molecule has 3 heterocycles. The minimum Gasteiger partial charge on any atom is -0.272 e. The van der Waals surface area contributed by atoms with E-state index in [0.717, 1.165) is 42.4 Å². The smallest absolute Gasteiger partial charge is 0.151 e. The number of hydrogen-bond donors (Lipinski definition) is 0. The van der Waals surface area contributed by atoms with Crippen LogP contribution in [0.3, 0.4) is 0 Å². The number of rotatable bonds is 7. The summed E-state index contributed by atoms with van der Waals surface area (Å²) < 4.78 is 3.90. The minimum absolute atomic E-state index is 0.173. The monoisotopic (exact) mass is 372 g/mol. The number of aryl methyl sites for hydroxylation is 3. The van der Waals surface area contributed by atoms with Crippen molar-refractivity contribution in [2.45, 2.75) is 39.2 Å². The third kappa shape index (κ3) is 4.17. The molecule has 4 aromatic rings. The third-order valence-electron chi connectivity index (χ3n) is 4.74. The Hall–Kier alpha value is -3.28. The summed E-state index contributed by atoms with van der Waals surface area (Å²) in [6.07, 6.45) is 7.33. The summed E-state index contributed by atoms with van der Waals surface area (Å²) in [6, 6.07) is 16.4.